The van der Waals surface area contributed by atoms with Gasteiger partial charge in [0.25, 0.3) is 0 Å². The van der Waals surface area contributed by atoms with Gasteiger partial charge in [-0.05, 0) is 0 Å². The maximum atomic E-state index is 5.64. The fourth-order valence-corrected chi connectivity index (χ4v) is 4.28. The minimum absolute atomic E-state index is 0. The first-order valence-electron chi connectivity index (χ1n) is 8.09. The molecule has 7 heteroatoms. The number of hydrogen-bond donors (Lipinski definition) is 3. The van der Waals surface area contributed by atoms with Crippen LogP contribution in [0.15, 0.2) is 0 Å². The Kier molecular flexibility index (Phi) is 16.3. The Morgan fingerprint density at radius 2 is 1.14 bits per heavy atom. The van der Waals surface area contributed by atoms with Crippen LogP contribution in [0, 0.1) is 0 Å². The van der Waals surface area contributed by atoms with Crippen LogP contribution in [-0.2, 0) is 21.8 Å². The van der Waals surface area contributed by atoms with Crippen molar-refractivity contribution in [2.75, 3.05) is 59.5 Å². The summed E-state index contributed by atoms with van der Waals surface area (Å²) in [7, 11) is 1.87. The first kappa shape index (κ1) is 21.8. The van der Waals surface area contributed by atoms with Crippen LogP contribution in [0.4, 0.5) is 0 Å². The second-order valence-electron chi connectivity index (χ2n) is 5.37. The predicted octanol–water partition coefficient (Wildman–Crippen LogP) is 1.20. The van der Waals surface area contributed by atoms with E-state index in [1.807, 2.05) is 7.11 Å². The second-order valence-corrected chi connectivity index (χ2v) is 8.62. The average Bonchev–Trinajstić information content (AvgIpc) is 2.46. The van der Waals surface area contributed by atoms with Gasteiger partial charge in [-0.1, -0.05) is 0 Å². The quantitative estimate of drug-likeness (QED) is 0.648. The first-order valence-corrected chi connectivity index (χ1v) is 11.0. The SMILES string of the molecule is C[O][Ti]([CH3])[N]1CCCNCCCNCCCNCCC1.Cl. The molecule has 0 aliphatic carbocycles. The standard InChI is InChI=1S/C12H27N4.CH3O.CH3.ClH.Ti/c1-5-13-7-2-9-15-11-4-12-16-10-3-8-14-6-1;1-2;;;/h13-15H,1-12H2;1H3;1H3;1H;/q2*-1;;;+2. The van der Waals surface area contributed by atoms with E-state index in [2.05, 4.69) is 24.6 Å². The van der Waals surface area contributed by atoms with E-state index in [1.54, 1.807) is 0 Å². The fraction of sp³-hybridized carbons (Fsp3) is 1.00. The van der Waals surface area contributed by atoms with Gasteiger partial charge in [-0.15, -0.1) is 12.4 Å². The van der Waals surface area contributed by atoms with E-state index in [9.17, 15) is 0 Å². The molecular weight excluding hydrogens is 324 g/mol. The first-order chi connectivity index (χ1) is 9.84. The van der Waals surface area contributed by atoms with Crippen LogP contribution in [0.25, 0.3) is 0 Å². The van der Waals surface area contributed by atoms with Crippen molar-refractivity contribution in [3.8, 4) is 0 Å². The zero-order valence-electron chi connectivity index (χ0n) is 13.7. The van der Waals surface area contributed by atoms with Gasteiger partial charge >= 0.3 is 132 Å². The summed E-state index contributed by atoms with van der Waals surface area (Å²) in [6.45, 7) is 9.15. The molecule has 1 rings (SSSR count). The summed E-state index contributed by atoms with van der Waals surface area (Å²) in [5.74, 6) is 0. The minimum Gasteiger partial charge on any atom is -0.147 e. The van der Waals surface area contributed by atoms with Gasteiger partial charge in [0.15, 0.2) is 0 Å². The zero-order chi connectivity index (χ0) is 14.5. The molecule has 21 heavy (non-hydrogen) atoms. The Hall–Kier alpha value is 0.804. The van der Waals surface area contributed by atoms with Gasteiger partial charge in [0.05, 0.1) is 0 Å². The molecule has 1 saturated heterocycles. The molecule has 0 aromatic rings. The van der Waals surface area contributed by atoms with Gasteiger partial charge in [-0.3, -0.25) is 0 Å². The Labute approximate surface area is 144 Å². The molecule has 0 bridgehead atoms. The van der Waals surface area contributed by atoms with Crippen LogP contribution in [0.2, 0.25) is 5.23 Å². The van der Waals surface area contributed by atoms with E-state index in [0.717, 1.165) is 39.3 Å². The monoisotopic (exact) mass is 357 g/mol. The van der Waals surface area contributed by atoms with Gasteiger partial charge in [-0.2, -0.15) is 0 Å². The molecule has 1 fully saturated rings. The summed E-state index contributed by atoms with van der Waals surface area (Å²) in [5.41, 5.74) is 0. The molecule has 0 aromatic carbocycles. The molecule has 0 spiro atoms. The summed E-state index contributed by atoms with van der Waals surface area (Å²) in [6, 6.07) is 0. The summed E-state index contributed by atoms with van der Waals surface area (Å²) in [4.78, 5) is 0. The van der Waals surface area contributed by atoms with Gasteiger partial charge in [0.1, 0.15) is 0 Å². The van der Waals surface area contributed by atoms with Gasteiger partial charge in [0, 0.05) is 0 Å². The second kappa shape index (κ2) is 15.7. The molecule has 127 valence electrons. The molecule has 1 aliphatic rings. The Bertz CT molecular complexity index is 211. The van der Waals surface area contributed by atoms with E-state index in [4.69, 9.17) is 3.32 Å². The van der Waals surface area contributed by atoms with Crippen LogP contribution in [0.5, 0.6) is 0 Å². The van der Waals surface area contributed by atoms with Crippen molar-refractivity contribution < 1.29 is 21.8 Å². The maximum Gasteiger partial charge on any atom is -0.147 e. The third kappa shape index (κ3) is 12.0. The van der Waals surface area contributed by atoms with Crippen molar-refractivity contribution in [3.63, 3.8) is 0 Å². The van der Waals surface area contributed by atoms with E-state index in [1.165, 1.54) is 38.8 Å². The van der Waals surface area contributed by atoms with Crippen molar-refractivity contribution in [3.05, 3.63) is 0 Å². The van der Waals surface area contributed by atoms with Crippen molar-refractivity contribution >= 4 is 12.4 Å². The largest absolute Gasteiger partial charge is 0.147 e. The van der Waals surface area contributed by atoms with Crippen molar-refractivity contribution in [2.24, 2.45) is 0 Å². The molecule has 0 aromatic heterocycles. The number of nitrogens with one attached hydrogen (secondary N) is 3. The van der Waals surface area contributed by atoms with Crippen molar-refractivity contribution in [1.82, 2.24) is 19.3 Å². The molecule has 0 unspecified atom stereocenters. The van der Waals surface area contributed by atoms with E-state index < -0.39 is 18.5 Å². The third-order valence-electron chi connectivity index (χ3n) is 3.72. The summed E-state index contributed by atoms with van der Waals surface area (Å²) >= 11 is -1.41. The van der Waals surface area contributed by atoms with Crippen LogP contribution in [0.3, 0.4) is 0 Å². The van der Waals surface area contributed by atoms with Gasteiger partial charge in [-0.25, -0.2) is 0 Å². The van der Waals surface area contributed by atoms with Crippen LogP contribution >= 0.6 is 12.4 Å². The minimum atomic E-state index is -1.41. The summed E-state index contributed by atoms with van der Waals surface area (Å²) in [5, 5.41) is 12.9. The summed E-state index contributed by atoms with van der Waals surface area (Å²) in [6.07, 6.45) is 4.91. The number of nitrogens with zero attached hydrogens (tertiary/aromatic N) is 1. The van der Waals surface area contributed by atoms with Crippen LogP contribution in [-0.4, -0.2) is 62.8 Å². The molecule has 0 atom stereocenters. The Balaban J connectivity index is 0.00000400. The van der Waals surface area contributed by atoms with E-state index in [0.29, 0.717) is 0 Å². The molecule has 5 nitrogen and oxygen atoms in total. The molecule has 0 saturated carbocycles. The fourth-order valence-electron chi connectivity index (χ4n) is 2.40. The number of rotatable bonds is 2. The maximum absolute atomic E-state index is 5.64. The number of halogens is 1. The van der Waals surface area contributed by atoms with Crippen molar-refractivity contribution in [1.29, 1.82) is 0 Å². The zero-order valence-corrected chi connectivity index (χ0v) is 16.1. The number of hydrogen-bond acceptors (Lipinski definition) is 5. The third-order valence-corrected chi connectivity index (χ3v) is 6.73. The van der Waals surface area contributed by atoms with Gasteiger partial charge in [0.2, 0.25) is 0 Å². The van der Waals surface area contributed by atoms with Crippen LogP contribution < -0.4 is 16.0 Å². The van der Waals surface area contributed by atoms with Crippen molar-refractivity contribution in [2.45, 2.75) is 30.9 Å². The normalized spacial score (nSPS) is 21.4. The van der Waals surface area contributed by atoms with E-state index in [-0.39, 0.29) is 12.4 Å². The Morgan fingerprint density at radius 3 is 1.52 bits per heavy atom. The molecular formula is C14H34ClN4OTi. The molecule has 0 amide bonds. The van der Waals surface area contributed by atoms with Crippen LogP contribution in [0.1, 0.15) is 25.7 Å². The Morgan fingerprint density at radius 1 is 0.762 bits per heavy atom. The smallest absolute Gasteiger partial charge is 0.147 e. The molecule has 1 heterocycles. The summed E-state index contributed by atoms with van der Waals surface area (Å²) < 4.78 is 8.25. The van der Waals surface area contributed by atoms with E-state index >= 15 is 0 Å². The van der Waals surface area contributed by atoms with Gasteiger partial charge < -0.3 is 0 Å². The molecule has 1 aliphatic heterocycles. The molecule has 3 N–H and O–H groups in total. The topological polar surface area (TPSA) is 48.6 Å². The predicted molar refractivity (Wildman–Crippen MR) is 88.8 cm³/mol. The average molecular weight is 358 g/mol. The molecule has 0 radical (unpaired) electrons.